The Bertz CT molecular complexity index is 884. The molecule has 126 valence electrons. The van der Waals surface area contributed by atoms with E-state index in [1.54, 1.807) is 16.8 Å². The van der Waals surface area contributed by atoms with Gasteiger partial charge >= 0.3 is 12.1 Å². The Hall–Kier alpha value is -2.91. The van der Waals surface area contributed by atoms with Crippen molar-refractivity contribution in [1.29, 1.82) is 0 Å². The largest absolute Gasteiger partial charge is 0.471 e. The molecule has 0 aliphatic rings. The van der Waals surface area contributed by atoms with E-state index in [-0.39, 0.29) is 24.5 Å². The van der Waals surface area contributed by atoms with Crippen LogP contribution in [0.25, 0.3) is 5.65 Å². The van der Waals surface area contributed by atoms with Gasteiger partial charge in [0, 0.05) is 25.4 Å². The summed E-state index contributed by atoms with van der Waals surface area (Å²) in [4.78, 5) is 19.5. The average Bonchev–Trinajstić information content (AvgIpc) is 3.13. The molecular weight excluding hydrogens is 327 g/mol. The molecule has 0 radical (unpaired) electrons. The summed E-state index contributed by atoms with van der Waals surface area (Å²) in [6, 6.07) is 3.71. The Kier molecular flexibility index (Phi) is 3.96. The monoisotopic (exact) mass is 339 g/mol. The lowest BCUT2D eigenvalue weighted by molar-refractivity contribution is -0.159. The topological polar surface area (TPSA) is 85.3 Å². The summed E-state index contributed by atoms with van der Waals surface area (Å²) < 4.78 is 42.8. The minimum atomic E-state index is -4.68. The van der Waals surface area contributed by atoms with Gasteiger partial charge in [0.1, 0.15) is 11.3 Å². The lowest BCUT2D eigenvalue weighted by Crippen LogP contribution is -2.26. The van der Waals surface area contributed by atoms with Crippen LogP contribution in [0, 0.1) is 6.92 Å². The molecule has 3 heterocycles. The minimum absolute atomic E-state index is 0.0116. The van der Waals surface area contributed by atoms with Crippen molar-refractivity contribution in [1.82, 2.24) is 24.8 Å². The van der Waals surface area contributed by atoms with Crippen LogP contribution in [-0.4, -0.2) is 32.0 Å². The number of aryl methyl sites for hydroxylation is 1. The number of carbonyl (C=O) groups is 1. The van der Waals surface area contributed by atoms with E-state index < -0.39 is 18.0 Å². The van der Waals surface area contributed by atoms with Crippen LogP contribution in [0.5, 0.6) is 0 Å². The molecule has 0 saturated heterocycles. The molecule has 0 atom stereocenters. The zero-order valence-electron chi connectivity index (χ0n) is 12.5. The summed E-state index contributed by atoms with van der Waals surface area (Å²) in [5, 5.41) is 5.78. The molecule has 3 rings (SSSR count). The van der Waals surface area contributed by atoms with Gasteiger partial charge in [-0.1, -0.05) is 11.2 Å². The Labute approximate surface area is 133 Å². The second-order valence-corrected chi connectivity index (χ2v) is 5.07. The first-order valence-corrected chi connectivity index (χ1v) is 6.97. The highest BCUT2D eigenvalue weighted by Gasteiger charge is 2.38. The predicted molar refractivity (Wildman–Crippen MR) is 75.3 cm³/mol. The highest BCUT2D eigenvalue weighted by molar-refractivity contribution is 5.92. The Morgan fingerprint density at radius 1 is 1.38 bits per heavy atom. The number of carbonyl (C=O) groups excluding carboxylic acids is 1. The fourth-order valence-corrected chi connectivity index (χ4v) is 2.11. The first kappa shape index (κ1) is 16.0. The summed E-state index contributed by atoms with van der Waals surface area (Å²) in [7, 11) is 0. The number of aromatic nitrogens is 4. The number of hydrogen-bond donors (Lipinski definition) is 1. The Morgan fingerprint density at radius 2 is 2.17 bits per heavy atom. The number of halogens is 3. The summed E-state index contributed by atoms with van der Waals surface area (Å²) >= 11 is 0. The number of amides is 1. The Balaban J connectivity index is 1.61. The molecule has 1 N–H and O–H groups in total. The quantitative estimate of drug-likeness (QED) is 0.786. The van der Waals surface area contributed by atoms with Crippen LogP contribution >= 0.6 is 0 Å². The van der Waals surface area contributed by atoms with Crippen LogP contribution < -0.4 is 5.32 Å². The SMILES string of the molecule is Cc1cccn2cc(C(=O)NCCc3noc(C(F)(F)F)n3)nc12. The molecule has 10 heteroatoms. The fraction of sp³-hybridized carbons (Fsp3) is 0.286. The van der Waals surface area contributed by atoms with E-state index in [1.165, 1.54) is 0 Å². The minimum Gasteiger partial charge on any atom is -0.350 e. The van der Waals surface area contributed by atoms with Gasteiger partial charge in [0.2, 0.25) is 0 Å². The van der Waals surface area contributed by atoms with Gasteiger partial charge in [0.25, 0.3) is 5.91 Å². The van der Waals surface area contributed by atoms with E-state index in [4.69, 9.17) is 0 Å². The third-order valence-electron chi connectivity index (χ3n) is 3.26. The third-order valence-corrected chi connectivity index (χ3v) is 3.26. The number of hydrogen-bond acceptors (Lipinski definition) is 5. The maximum absolute atomic E-state index is 12.3. The zero-order chi connectivity index (χ0) is 17.3. The van der Waals surface area contributed by atoms with Gasteiger partial charge in [-0.3, -0.25) is 4.79 Å². The average molecular weight is 339 g/mol. The molecule has 0 spiro atoms. The lowest BCUT2D eigenvalue weighted by Gasteiger charge is -2.00. The number of nitrogens with one attached hydrogen (secondary N) is 1. The summed E-state index contributed by atoms with van der Waals surface area (Å²) in [5.74, 6) is -1.97. The van der Waals surface area contributed by atoms with Crippen molar-refractivity contribution in [3.63, 3.8) is 0 Å². The van der Waals surface area contributed by atoms with Crippen molar-refractivity contribution in [2.24, 2.45) is 0 Å². The van der Waals surface area contributed by atoms with Gasteiger partial charge in [0.15, 0.2) is 5.82 Å². The number of nitrogens with zero attached hydrogens (tertiary/aromatic N) is 4. The highest BCUT2D eigenvalue weighted by Crippen LogP contribution is 2.27. The maximum Gasteiger partial charge on any atom is 0.471 e. The number of pyridine rings is 1. The fourth-order valence-electron chi connectivity index (χ4n) is 2.11. The molecule has 0 aliphatic heterocycles. The van der Waals surface area contributed by atoms with Gasteiger partial charge in [-0.25, -0.2) is 4.98 Å². The van der Waals surface area contributed by atoms with Crippen LogP contribution in [0.1, 0.15) is 27.8 Å². The van der Waals surface area contributed by atoms with E-state index in [0.717, 1.165) is 5.56 Å². The molecule has 0 saturated carbocycles. The molecule has 0 aliphatic carbocycles. The highest BCUT2D eigenvalue weighted by atomic mass is 19.4. The zero-order valence-corrected chi connectivity index (χ0v) is 12.5. The first-order valence-electron chi connectivity index (χ1n) is 6.97. The van der Waals surface area contributed by atoms with Gasteiger partial charge < -0.3 is 14.2 Å². The maximum atomic E-state index is 12.3. The molecule has 7 nitrogen and oxygen atoms in total. The van der Waals surface area contributed by atoms with E-state index in [2.05, 4.69) is 25.0 Å². The van der Waals surface area contributed by atoms with Crippen molar-refractivity contribution in [2.75, 3.05) is 6.54 Å². The van der Waals surface area contributed by atoms with Crippen molar-refractivity contribution in [2.45, 2.75) is 19.5 Å². The van der Waals surface area contributed by atoms with Crippen molar-refractivity contribution in [3.8, 4) is 0 Å². The van der Waals surface area contributed by atoms with Gasteiger partial charge in [0.05, 0.1) is 0 Å². The molecule has 0 bridgehead atoms. The lowest BCUT2D eigenvalue weighted by atomic mass is 10.3. The number of imidazole rings is 1. The molecule has 0 aromatic carbocycles. The van der Waals surface area contributed by atoms with E-state index >= 15 is 0 Å². The smallest absolute Gasteiger partial charge is 0.350 e. The van der Waals surface area contributed by atoms with Crippen LogP contribution in [0.4, 0.5) is 13.2 Å². The molecule has 3 aromatic heterocycles. The summed E-state index contributed by atoms with van der Waals surface area (Å²) in [6.07, 6.45) is -1.32. The third kappa shape index (κ3) is 3.21. The standard InChI is InChI=1S/C14H12F3N5O2/c1-8-3-2-6-22-7-9(19-11(8)22)12(23)18-5-4-10-20-13(24-21-10)14(15,16)17/h2-3,6-7H,4-5H2,1H3,(H,18,23). The van der Waals surface area contributed by atoms with Crippen molar-refractivity contribution in [3.05, 3.63) is 47.5 Å². The van der Waals surface area contributed by atoms with Crippen LogP contribution in [-0.2, 0) is 12.6 Å². The van der Waals surface area contributed by atoms with Crippen LogP contribution in [0.15, 0.2) is 29.0 Å². The number of rotatable bonds is 4. The molecule has 0 unspecified atom stereocenters. The number of fused-ring (bicyclic) bond motifs is 1. The molecule has 24 heavy (non-hydrogen) atoms. The van der Waals surface area contributed by atoms with E-state index in [9.17, 15) is 18.0 Å². The van der Waals surface area contributed by atoms with Crippen molar-refractivity contribution < 1.29 is 22.5 Å². The van der Waals surface area contributed by atoms with E-state index in [0.29, 0.717) is 5.65 Å². The van der Waals surface area contributed by atoms with Crippen molar-refractivity contribution >= 4 is 11.6 Å². The normalized spacial score (nSPS) is 11.8. The van der Waals surface area contributed by atoms with Crippen LogP contribution in [0.3, 0.4) is 0 Å². The molecule has 0 fully saturated rings. The van der Waals surface area contributed by atoms with Crippen LogP contribution in [0.2, 0.25) is 0 Å². The van der Waals surface area contributed by atoms with Gasteiger partial charge in [-0.15, -0.1) is 0 Å². The molecule has 3 aromatic rings. The first-order chi connectivity index (χ1) is 11.3. The number of alkyl halides is 3. The molecular formula is C14H12F3N5O2. The Morgan fingerprint density at radius 3 is 2.83 bits per heavy atom. The summed E-state index contributed by atoms with van der Waals surface area (Å²) in [6.45, 7) is 1.93. The van der Waals surface area contributed by atoms with E-state index in [1.807, 2.05) is 19.1 Å². The second kappa shape index (κ2) is 5.95. The molecule has 1 amide bonds. The summed E-state index contributed by atoms with van der Waals surface area (Å²) in [5.41, 5.74) is 1.80. The van der Waals surface area contributed by atoms with Gasteiger partial charge in [-0.05, 0) is 18.6 Å². The predicted octanol–water partition coefficient (Wildman–Crippen LogP) is 2.02. The second-order valence-electron chi connectivity index (χ2n) is 5.07. The van der Waals surface area contributed by atoms with Gasteiger partial charge in [-0.2, -0.15) is 18.2 Å².